The summed E-state index contributed by atoms with van der Waals surface area (Å²) in [5.41, 5.74) is 0.545. The molecule has 21 heavy (non-hydrogen) atoms. The van der Waals surface area contributed by atoms with Crippen LogP contribution in [0.25, 0.3) is 0 Å². The predicted molar refractivity (Wildman–Crippen MR) is 82.8 cm³/mol. The van der Waals surface area contributed by atoms with Crippen molar-refractivity contribution >= 4 is 49.1 Å². The number of nitrogens with one attached hydrogen (secondary N) is 1. The molecule has 0 aromatic heterocycles. The Morgan fingerprint density at radius 2 is 1.86 bits per heavy atom. The smallest absolute Gasteiger partial charge is 0.270 e. The highest BCUT2D eigenvalue weighted by atomic mass is 79.9. The van der Waals surface area contributed by atoms with E-state index in [1.54, 1.807) is 0 Å². The SMILES string of the molecule is O=C(Nc1ccc([N+](=O)[O-])cc1Br)c1ccc(F)c(Br)c1. The molecule has 2 aromatic rings. The van der Waals surface area contributed by atoms with Crippen molar-refractivity contribution in [3.63, 3.8) is 0 Å². The maximum atomic E-state index is 13.1. The van der Waals surface area contributed by atoms with E-state index in [-0.39, 0.29) is 15.7 Å². The first kappa shape index (κ1) is 15.6. The lowest BCUT2D eigenvalue weighted by Gasteiger charge is -2.08. The Balaban J connectivity index is 2.23. The third-order valence-corrected chi connectivity index (χ3v) is 3.86. The van der Waals surface area contributed by atoms with Gasteiger partial charge in [-0.05, 0) is 56.1 Å². The number of hydrogen-bond acceptors (Lipinski definition) is 3. The van der Waals surface area contributed by atoms with Gasteiger partial charge in [-0.15, -0.1) is 0 Å². The van der Waals surface area contributed by atoms with E-state index in [4.69, 9.17) is 0 Å². The quantitative estimate of drug-likeness (QED) is 0.589. The molecule has 0 aliphatic heterocycles. The van der Waals surface area contributed by atoms with Crippen molar-refractivity contribution in [3.8, 4) is 0 Å². The van der Waals surface area contributed by atoms with Crippen LogP contribution in [0.4, 0.5) is 15.8 Å². The molecule has 5 nitrogen and oxygen atoms in total. The van der Waals surface area contributed by atoms with Crippen LogP contribution in [-0.2, 0) is 0 Å². The number of anilines is 1. The van der Waals surface area contributed by atoms with Crippen molar-refractivity contribution in [1.29, 1.82) is 0 Å². The number of nitro groups is 1. The van der Waals surface area contributed by atoms with Crippen molar-refractivity contribution in [2.24, 2.45) is 0 Å². The van der Waals surface area contributed by atoms with Gasteiger partial charge in [0.1, 0.15) is 5.82 Å². The van der Waals surface area contributed by atoms with Gasteiger partial charge in [-0.2, -0.15) is 0 Å². The molecule has 0 saturated carbocycles. The minimum Gasteiger partial charge on any atom is -0.321 e. The second-order valence-corrected chi connectivity index (χ2v) is 5.71. The minimum absolute atomic E-state index is 0.0931. The third kappa shape index (κ3) is 3.64. The lowest BCUT2D eigenvalue weighted by Crippen LogP contribution is -2.12. The number of halogens is 3. The summed E-state index contributed by atoms with van der Waals surface area (Å²) < 4.78 is 13.7. The summed E-state index contributed by atoms with van der Waals surface area (Å²) in [7, 11) is 0. The predicted octanol–water partition coefficient (Wildman–Crippen LogP) is 4.51. The van der Waals surface area contributed by atoms with Crippen molar-refractivity contribution in [3.05, 3.63) is 66.8 Å². The van der Waals surface area contributed by atoms with E-state index in [1.807, 2.05) is 0 Å². The maximum Gasteiger partial charge on any atom is 0.270 e. The maximum absolute atomic E-state index is 13.1. The Bertz CT molecular complexity index is 737. The molecule has 0 heterocycles. The van der Waals surface area contributed by atoms with E-state index < -0.39 is 16.6 Å². The molecule has 0 aliphatic rings. The molecular weight excluding hydrogens is 411 g/mol. The van der Waals surface area contributed by atoms with E-state index in [0.29, 0.717) is 10.2 Å². The standard InChI is InChI=1S/C13H7Br2FN2O3/c14-9-5-7(1-3-11(9)16)13(19)17-12-4-2-8(18(20)21)6-10(12)15/h1-6H,(H,17,19). The number of nitro benzene ring substituents is 1. The summed E-state index contributed by atoms with van der Waals surface area (Å²) >= 11 is 6.15. The Labute approximate surface area is 135 Å². The Kier molecular flexibility index (Phi) is 4.69. The van der Waals surface area contributed by atoms with E-state index in [0.717, 1.165) is 0 Å². The summed E-state index contributed by atoms with van der Waals surface area (Å²) in [4.78, 5) is 22.1. The number of nitrogens with zero attached hydrogens (tertiary/aromatic N) is 1. The van der Waals surface area contributed by atoms with Gasteiger partial charge in [0.2, 0.25) is 0 Å². The van der Waals surface area contributed by atoms with Gasteiger partial charge in [0.15, 0.2) is 0 Å². The molecule has 0 radical (unpaired) electrons. The normalized spacial score (nSPS) is 10.2. The van der Waals surface area contributed by atoms with Gasteiger partial charge < -0.3 is 5.32 Å². The highest BCUT2D eigenvalue weighted by molar-refractivity contribution is 9.10. The zero-order valence-corrected chi connectivity index (χ0v) is 13.4. The number of benzene rings is 2. The Morgan fingerprint density at radius 3 is 2.43 bits per heavy atom. The minimum atomic E-state index is -0.534. The van der Waals surface area contributed by atoms with Crippen LogP contribution in [0.5, 0.6) is 0 Å². The highest BCUT2D eigenvalue weighted by Crippen LogP contribution is 2.27. The van der Waals surface area contributed by atoms with Crippen LogP contribution in [0.2, 0.25) is 0 Å². The third-order valence-electron chi connectivity index (χ3n) is 2.59. The van der Waals surface area contributed by atoms with Crippen molar-refractivity contribution in [1.82, 2.24) is 0 Å². The monoisotopic (exact) mass is 416 g/mol. The molecule has 0 fully saturated rings. The van der Waals surface area contributed by atoms with E-state index in [2.05, 4.69) is 37.2 Å². The molecular formula is C13H7Br2FN2O3. The van der Waals surface area contributed by atoms with Crippen LogP contribution >= 0.6 is 31.9 Å². The first-order valence-electron chi connectivity index (χ1n) is 5.59. The van der Waals surface area contributed by atoms with Crippen LogP contribution in [0.3, 0.4) is 0 Å². The summed E-state index contributed by atoms with van der Waals surface area (Å²) in [6, 6.07) is 7.85. The van der Waals surface area contributed by atoms with Crippen molar-refractivity contribution in [2.75, 3.05) is 5.32 Å². The van der Waals surface area contributed by atoms with Crippen LogP contribution < -0.4 is 5.32 Å². The van der Waals surface area contributed by atoms with Gasteiger partial charge in [0.25, 0.3) is 11.6 Å². The fourth-order valence-electron chi connectivity index (χ4n) is 1.55. The molecule has 2 aromatic carbocycles. The molecule has 0 aliphatic carbocycles. The van der Waals surface area contributed by atoms with E-state index in [9.17, 15) is 19.3 Å². The fraction of sp³-hybridized carbons (Fsp3) is 0. The zero-order valence-electron chi connectivity index (χ0n) is 10.3. The lowest BCUT2D eigenvalue weighted by atomic mass is 10.2. The van der Waals surface area contributed by atoms with Gasteiger partial charge in [-0.25, -0.2) is 4.39 Å². The molecule has 0 bridgehead atoms. The molecule has 0 spiro atoms. The molecule has 2 rings (SSSR count). The van der Waals surface area contributed by atoms with E-state index in [1.165, 1.54) is 36.4 Å². The number of rotatable bonds is 3. The van der Waals surface area contributed by atoms with Crippen molar-refractivity contribution < 1.29 is 14.1 Å². The van der Waals surface area contributed by atoms with Gasteiger partial charge >= 0.3 is 0 Å². The average Bonchev–Trinajstić information content (AvgIpc) is 2.43. The molecule has 0 unspecified atom stereocenters. The van der Waals surface area contributed by atoms with Crippen LogP contribution in [0.1, 0.15) is 10.4 Å². The number of amides is 1. The van der Waals surface area contributed by atoms with Crippen LogP contribution in [0, 0.1) is 15.9 Å². The Hall–Kier alpha value is -1.80. The van der Waals surface area contributed by atoms with Crippen molar-refractivity contribution in [2.45, 2.75) is 0 Å². The molecule has 0 atom stereocenters. The summed E-state index contributed by atoms with van der Waals surface area (Å²) in [6.07, 6.45) is 0. The van der Waals surface area contributed by atoms with Crippen LogP contribution in [-0.4, -0.2) is 10.8 Å². The van der Waals surface area contributed by atoms with Gasteiger partial charge in [0.05, 0.1) is 15.1 Å². The summed E-state index contributed by atoms with van der Waals surface area (Å²) in [5.74, 6) is -0.923. The average molecular weight is 418 g/mol. The van der Waals surface area contributed by atoms with E-state index >= 15 is 0 Å². The highest BCUT2D eigenvalue weighted by Gasteiger charge is 2.13. The second kappa shape index (κ2) is 6.31. The lowest BCUT2D eigenvalue weighted by molar-refractivity contribution is -0.384. The number of carbonyl (C=O) groups excluding carboxylic acids is 1. The second-order valence-electron chi connectivity index (χ2n) is 4.00. The van der Waals surface area contributed by atoms with Gasteiger partial charge in [-0.3, -0.25) is 14.9 Å². The largest absolute Gasteiger partial charge is 0.321 e. The topological polar surface area (TPSA) is 72.2 Å². The number of carbonyl (C=O) groups is 1. The Morgan fingerprint density at radius 1 is 1.14 bits per heavy atom. The first-order chi connectivity index (χ1) is 9.88. The first-order valence-corrected chi connectivity index (χ1v) is 7.17. The number of non-ortho nitro benzene ring substituents is 1. The van der Waals surface area contributed by atoms with Gasteiger partial charge in [0, 0.05) is 22.2 Å². The summed E-state index contributed by atoms with van der Waals surface area (Å²) in [6.45, 7) is 0. The van der Waals surface area contributed by atoms with Crippen LogP contribution in [0.15, 0.2) is 45.3 Å². The molecule has 1 N–H and O–H groups in total. The summed E-state index contributed by atoms with van der Waals surface area (Å²) in [5, 5.41) is 13.2. The zero-order chi connectivity index (χ0) is 15.6. The number of hydrogen-bond donors (Lipinski definition) is 1. The molecule has 8 heteroatoms. The fourth-order valence-corrected chi connectivity index (χ4v) is 2.40. The molecule has 108 valence electrons. The molecule has 1 amide bonds. The molecule has 0 saturated heterocycles. The van der Waals surface area contributed by atoms with Gasteiger partial charge in [-0.1, -0.05) is 0 Å².